The first-order valence-electron chi connectivity index (χ1n) is 8.37. The molecule has 0 amide bonds. The van der Waals surface area contributed by atoms with Crippen LogP contribution < -0.4 is 21.9 Å². The van der Waals surface area contributed by atoms with Crippen molar-refractivity contribution in [3.8, 4) is 11.8 Å². The van der Waals surface area contributed by atoms with Crippen molar-refractivity contribution in [1.82, 2.24) is 9.13 Å². The highest BCUT2D eigenvalue weighted by Gasteiger charge is 2.21. The van der Waals surface area contributed by atoms with Crippen LogP contribution in [0.3, 0.4) is 0 Å². The summed E-state index contributed by atoms with van der Waals surface area (Å²) in [7, 11) is 0. The van der Waals surface area contributed by atoms with E-state index in [9.17, 15) is 9.59 Å². The molecule has 0 unspecified atom stereocenters. The third kappa shape index (κ3) is 3.86. The normalized spacial score (nSPS) is 17.2. The Labute approximate surface area is 150 Å². The van der Waals surface area contributed by atoms with E-state index in [1.807, 2.05) is 22.4 Å². The second-order valence-electron chi connectivity index (χ2n) is 6.15. The van der Waals surface area contributed by atoms with Gasteiger partial charge in [-0.3, -0.25) is 13.9 Å². The van der Waals surface area contributed by atoms with Crippen molar-refractivity contribution in [1.29, 1.82) is 0 Å². The minimum Gasteiger partial charge on any atom is -0.356 e. The average Bonchev–Trinajstić information content (AvgIpc) is 3.10. The van der Waals surface area contributed by atoms with Crippen molar-refractivity contribution in [3.05, 3.63) is 49.3 Å². The van der Waals surface area contributed by atoms with Gasteiger partial charge in [0.25, 0.3) is 5.56 Å². The molecule has 1 fully saturated rings. The highest BCUT2D eigenvalue weighted by Crippen LogP contribution is 2.17. The van der Waals surface area contributed by atoms with Gasteiger partial charge in [0.1, 0.15) is 5.82 Å². The largest absolute Gasteiger partial charge is 0.356 e. The number of hydrogen-bond acceptors (Lipinski definition) is 5. The third-order valence-corrected chi connectivity index (χ3v) is 5.21. The average molecular weight is 358 g/mol. The molecule has 1 aliphatic heterocycles. The minimum atomic E-state index is -0.321. The molecule has 7 heteroatoms. The van der Waals surface area contributed by atoms with Crippen molar-refractivity contribution in [2.45, 2.75) is 38.9 Å². The Morgan fingerprint density at radius 1 is 1.36 bits per heavy atom. The molecule has 2 N–H and O–H groups in total. The van der Waals surface area contributed by atoms with Crippen LogP contribution in [-0.2, 0) is 13.1 Å². The Morgan fingerprint density at radius 2 is 2.20 bits per heavy atom. The maximum absolute atomic E-state index is 13.0. The molecule has 0 spiro atoms. The molecule has 25 heavy (non-hydrogen) atoms. The first kappa shape index (κ1) is 17.5. The van der Waals surface area contributed by atoms with Crippen LogP contribution in [0.1, 0.15) is 24.6 Å². The Hall–Kier alpha value is -2.30. The van der Waals surface area contributed by atoms with E-state index in [1.54, 1.807) is 17.6 Å². The van der Waals surface area contributed by atoms with Crippen LogP contribution in [0, 0.1) is 11.8 Å². The lowest BCUT2D eigenvalue weighted by molar-refractivity contribution is 0.491. The van der Waals surface area contributed by atoms with Crippen molar-refractivity contribution < 1.29 is 0 Å². The second-order valence-corrected chi connectivity index (χ2v) is 7.18. The lowest BCUT2D eigenvalue weighted by atomic mass is 10.1. The van der Waals surface area contributed by atoms with E-state index in [-0.39, 0.29) is 30.4 Å². The fraction of sp³-hybridized carbons (Fsp3) is 0.444. The molecule has 1 saturated heterocycles. The maximum atomic E-state index is 13.0. The molecule has 132 valence electrons. The summed E-state index contributed by atoms with van der Waals surface area (Å²) in [5, 5.41) is 1.94. The summed E-state index contributed by atoms with van der Waals surface area (Å²) in [5.41, 5.74) is 5.46. The van der Waals surface area contributed by atoms with Gasteiger partial charge < -0.3 is 10.6 Å². The summed E-state index contributed by atoms with van der Waals surface area (Å²) in [4.78, 5) is 28.6. The summed E-state index contributed by atoms with van der Waals surface area (Å²) in [6.07, 6.45) is 1.91. The molecule has 6 nitrogen and oxygen atoms in total. The van der Waals surface area contributed by atoms with Crippen LogP contribution >= 0.6 is 11.3 Å². The van der Waals surface area contributed by atoms with E-state index in [4.69, 9.17) is 5.73 Å². The molecule has 1 atom stereocenters. The predicted octanol–water partition coefficient (Wildman–Crippen LogP) is 1.07. The van der Waals surface area contributed by atoms with Crippen molar-refractivity contribution in [2.75, 3.05) is 18.0 Å². The zero-order valence-corrected chi connectivity index (χ0v) is 15.1. The molecular weight excluding hydrogens is 336 g/mol. The number of rotatable bonds is 4. The summed E-state index contributed by atoms with van der Waals surface area (Å²) in [6, 6.07) is 5.44. The number of nitrogens with two attached hydrogens (primary N) is 1. The van der Waals surface area contributed by atoms with Gasteiger partial charge in [0, 0.05) is 30.1 Å². The predicted molar refractivity (Wildman–Crippen MR) is 101 cm³/mol. The van der Waals surface area contributed by atoms with Gasteiger partial charge in [-0.25, -0.2) is 4.79 Å². The number of piperidine rings is 1. The highest BCUT2D eigenvalue weighted by molar-refractivity contribution is 7.09. The Morgan fingerprint density at radius 3 is 2.88 bits per heavy atom. The monoisotopic (exact) mass is 358 g/mol. The molecule has 0 radical (unpaired) electrons. The van der Waals surface area contributed by atoms with E-state index in [0.29, 0.717) is 12.4 Å². The summed E-state index contributed by atoms with van der Waals surface area (Å²) < 4.78 is 2.86. The summed E-state index contributed by atoms with van der Waals surface area (Å²) in [6.45, 7) is 3.73. The first-order chi connectivity index (χ1) is 12.1. The maximum Gasteiger partial charge on any atom is 0.333 e. The molecule has 2 aromatic rings. The molecule has 0 aliphatic carbocycles. The summed E-state index contributed by atoms with van der Waals surface area (Å²) in [5.74, 6) is 6.39. The number of hydrogen-bond donors (Lipinski definition) is 1. The van der Waals surface area contributed by atoms with E-state index >= 15 is 0 Å². The topological polar surface area (TPSA) is 73.3 Å². The van der Waals surface area contributed by atoms with Gasteiger partial charge in [-0.1, -0.05) is 12.0 Å². The lowest BCUT2D eigenvalue weighted by Gasteiger charge is -2.33. The van der Waals surface area contributed by atoms with Crippen molar-refractivity contribution in [2.24, 2.45) is 5.73 Å². The summed E-state index contributed by atoms with van der Waals surface area (Å²) >= 11 is 1.53. The number of nitrogens with zero attached hydrogens (tertiary/aromatic N) is 3. The number of aromatic nitrogens is 2. The van der Waals surface area contributed by atoms with Crippen LogP contribution in [0.15, 0.2) is 33.2 Å². The van der Waals surface area contributed by atoms with Crippen LogP contribution in [-0.4, -0.2) is 28.3 Å². The lowest BCUT2D eigenvalue weighted by Crippen LogP contribution is -2.48. The Balaban J connectivity index is 2.06. The molecule has 0 aromatic carbocycles. The standard InChI is InChI=1S/C18H22N4O2S/c1-2-3-9-21-16(20-8-4-6-14(19)12-20)11-17(23)22(18(21)24)13-15-7-5-10-25-15/h5,7,10-11,14H,4,6,8-9,12-13,19H2,1H3/t14-/m1/s1. The molecule has 1 aliphatic rings. The number of anilines is 1. The van der Waals surface area contributed by atoms with Gasteiger partial charge in [0.05, 0.1) is 13.1 Å². The van der Waals surface area contributed by atoms with Gasteiger partial charge in [-0.2, -0.15) is 0 Å². The van der Waals surface area contributed by atoms with Crippen LogP contribution in [0.2, 0.25) is 0 Å². The highest BCUT2D eigenvalue weighted by atomic mass is 32.1. The van der Waals surface area contributed by atoms with E-state index in [0.717, 1.165) is 24.3 Å². The van der Waals surface area contributed by atoms with E-state index in [2.05, 4.69) is 11.8 Å². The second kappa shape index (κ2) is 7.72. The van der Waals surface area contributed by atoms with Gasteiger partial charge in [-0.15, -0.1) is 17.3 Å². The molecular formula is C18H22N4O2S. The molecule has 0 bridgehead atoms. The van der Waals surface area contributed by atoms with Crippen LogP contribution in [0.4, 0.5) is 5.82 Å². The fourth-order valence-electron chi connectivity index (χ4n) is 3.09. The zero-order valence-electron chi connectivity index (χ0n) is 14.3. The Bertz CT molecular complexity index is 902. The smallest absolute Gasteiger partial charge is 0.333 e. The van der Waals surface area contributed by atoms with Crippen molar-refractivity contribution >= 4 is 17.2 Å². The van der Waals surface area contributed by atoms with Gasteiger partial charge in [0.2, 0.25) is 0 Å². The molecule has 2 aromatic heterocycles. The minimum absolute atomic E-state index is 0.0584. The van der Waals surface area contributed by atoms with Crippen molar-refractivity contribution in [3.63, 3.8) is 0 Å². The fourth-order valence-corrected chi connectivity index (χ4v) is 3.79. The van der Waals surface area contributed by atoms with Gasteiger partial charge in [0.15, 0.2) is 0 Å². The number of thiophene rings is 1. The molecule has 3 heterocycles. The Kier molecular flexibility index (Phi) is 5.41. The van der Waals surface area contributed by atoms with E-state index in [1.165, 1.54) is 15.9 Å². The molecule has 0 saturated carbocycles. The van der Waals surface area contributed by atoms with Crippen LogP contribution in [0.25, 0.3) is 0 Å². The molecule has 3 rings (SSSR count). The van der Waals surface area contributed by atoms with Gasteiger partial charge in [-0.05, 0) is 31.2 Å². The quantitative estimate of drug-likeness (QED) is 0.830. The first-order valence-corrected chi connectivity index (χ1v) is 9.25. The van der Waals surface area contributed by atoms with Gasteiger partial charge >= 0.3 is 5.69 Å². The third-order valence-electron chi connectivity index (χ3n) is 4.35. The zero-order chi connectivity index (χ0) is 17.8. The van der Waals surface area contributed by atoms with Crippen LogP contribution in [0.5, 0.6) is 0 Å². The SMILES string of the molecule is CC#CCn1c(N2CCC[C@@H](N)C2)cc(=O)n(Cc2cccs2)c1=O. The van der Waals surface area contributed by atoms with E-state index < -0.39 is 0 Å².